The van der Waals surface area contributed by atoms with Gasteiger partial charge in [-0.2, -0.15) is 0 Å². The minimum Gasteiger partial charge on any atom is -0.345 e. The van der Waals surface area contributed by atoms with E-state index >= 15 is 0 Å². The predicted octanol–water partition coefficient (Wildman–Crippen LogP) is 1.13. The lowest BCUT2D eigenvalue weighted by Crippen LogP contribution is -2.45. The molecule has 0 aromatic carbocycles. The normalized spacial score (nSPS) is 18.9. The number of piperazine rings is 1. The molecule has 1 fully saturated rings. The zero-order valence-electron chi connectivity index (χ0n) is 12.7. The third-order valence-corrected chi connectivity index (χ3v) is 3.55. The first-order valence-corrected chi connectivity index (χ1v) is 6.97. The highest BCUT2D eigenvalue weighted by Gasteiger charge is 2.24. The molecule has 1 rings (SSSR count). The quantitative estimate of drug-likeness (QED) is 0.753. The largest absolute Gasteiger partial charge is 0.345 e. The number of nitrogens with zero attached hydrogens (tertiary/aromatic N) is 3. The van der Waals surface area contributed by atoms with Crippen molar-refractivity contribution in [1.82, 2.24) is 14.7 Å². The number of hydrogen-bond acceptors (Lipinski definition) is 3. The van der Waals surface area contributed by atoms with Gasteiger partial charge in [-0.05, 0) is 20.0 Å². The monoisotopic (exact) mass is 255 g/mol. The molecule has 0 N–H and O–H groups in total. The van der Waals surface area contributed by atoms with Crippen LogP contribution in [0.3, 0.4) is 0 Å². The van der Waals surface area contributed by atoms with Crippen molar-refractivity contribution in [2.45, 2.75) is 27.2 Å². The van der Waals surface area contributed by atoms with Crippen LogP contribution in [0.4, 0.5) is 0 Å². The summed E-state index contributed by atoms with van der Waals surface area (Å²) in [6.45, 7) is 12.6. The summed E-state index contributed by atoms with van der Waals surface area (Å²) in [7, 11) is 4.09. The number of carbonyl (C=O) groups is 1. The van der Waals surface area contributed by atoms with E-state index in [0.29, 0.717) is 0 Å². The lowest BCUT2D eigenvalue weighted by molar-refractivity contribution is -0.138. The third-order valence-electron chi connectivity index (χ3n) is 3.55. The number of likely N-dealkylation sites (N-methyl/N-ethyl adjacent to an activating group) is 1. The van der Waals surface area contributed by atoms with Gasteiger partial charge in [-0.1, -0.05) is 20.8 Å². The van der Waals surface area contributed by atoms with E-state index < -0.39 is 0 Å². The van der Waals surface area contributed by atoms with Gasteiger partial charge >= 0.3 is 0 Å². The van der Waals surface area contributed by atoms with E-state index in [4.69, 9.17) is 0 Å². The average molecular weight is 255 g/mol. The van der Waals surface area contributed by atoms with E-state index in [1.165, 1.54) is 0 Å². The van der Waals surface area contributed by atoms with Gasteiger partial charge in [0.15, 0.2) is 0 Å². The Morgan fingerprint density at radius 2 is 1.72 bits per heavy atom. The maximum absolute atomic E-state index is 12.0. The van der Waals surface area contributed by atoms with Gasteiger partial charge in [0, 0.05) is 45.2 Å². The Morgan fingerprint density at radius 1 is 1.17 bits per heavy atom. The van der Waals surface area contributed by atoms with E-state index in [-0.39, 0.29) is 11.3 Å². The predicted molar refractivity (Wildman–Crippen MR) is 75.6 cm³/mol. The van der Waals surface area contributed by atoms with Crippen LogP contribution in [0.5, 0.6) is 0 Å². The SMILES string of the molecule is CN1CCN(CCCN(C)C(=O)C(C)(C)C)CC1. The molecule has 4 heteroatoms. The first kappa shape index (κ1) is 15.4. The Balaban J connectivity index is 2.19. The first-order chi connectivity index (χ1) is 8.30. The molecule has 0 aliphatic carbocycles. The summed E-state index contributed by atoms with van der Waals surface area (Å²) in [5.74, 6) is 0.237. The summed E-state index contributed by atoms with van der Waals surface area (Å²) < 4.78 is 0. The Labute approximate surface area is 112 Å². The van der Waals surface area contributed by atoms with Crippen LogP contribution in [0.25, 0.3) is 0 Å². The molecular weight excluding hydrogens is 226 g/mol. The highest BCUT2D eigenvalue weighted by Crippen LogP contribution is 2.16. The number of carbonyl (C=O) groups excluding carboxylic acids is 1. The Morgan fingerprint density at radius 3 is 2.22 bits per heavy atom. The summed E-state index contributed by atoms with van der Waals surface area (Å²) in [6.07, 6.45) is 1.07. The minimum absolute atomic E-state index is 0.237. The van der Waals surface area contributed by atoms with E-state index in [9.17, 15) is 4.79 Å². The average Bonchev–Trinajstić information content (AvgIpc) is 2.29. The fourth-order valence-electron chi connectivity index (χ4n) is 2.28. The van der Waals surface area contributed by atoms with Crippen molar-refractivity contribution in [3.63, 3.8) is 0 Å². The lowest BCUT2D eigenvalue weighted by atomic mass is 9.95. The summed E-state index contributed by atoms with van der Waals surface area (Å²) in [5.41, 5.74) is -0.261. The third kappa shape index (κ3) is 4.94. The van der Waals surface area contributed by atoms with Gasteiger partial charge in [-0.25, -0.2) is 0 Å². The standard InChI is InChI=1S/C14H29N3O/c1-14(2,3)13(18)16(5)7-6-8-17-11-9-15(4)10-12-17/h6-12H2,1-5H3. The molecule has 1 heterocycles. The first-order valence-electron chi connectivity index (χ1n) is 6.97. The molecule has 0 aromatic rings. The van der Waals surface area contributed by atoms with E-state index in [1.807, 2.05) is 32.7 Å². The summed E-state index contributed by atoms with van der Waals surface area (Å²) in [6, 6.07) is 0. The Hall–Kier alpha value is -0.610. The molecule has 18 heavy (non-hydrogen) atoms. The minimum atomic E-state index is -0.261. The van der Waals surface area contributed by atoms with Crippen molar-refractivity contribution in [2.24, 2.45) is 5.41 Å². The van der Waals surface area contributed by atoms with Crippen molar-refractivity contribution in [3.8, 4) is 0 Å². The highest BCUT2D eigenvalue weighted by atomic mass is 16.2. The van der Waals surface area contributed by atoms with Crippen LogP contribution in [-0.2, 0) is 4.79 Å². The second-order valence-corrected chi connectivity index (χ2v) is 6.48. The Kier molecular flexibility index (Phi) is 5.60. The molecule has 0 aromatic heterocycles. The maximum Gasteiger partial charge on any atom is 0.227 e. The molecule has 4 nitrogen and oxygen atoms in total. The molecule has 0 atom stereocenters. The van der Waals surface area contributed by atoms with Crippen molar-refractivity contribution >= 4 is 5.91 Å². The molecule has 1 aliphatic rings. The molecule has 0 spiro atoms. The maximum atomic E-state index is 12.0. The fraction of sp³-hybridized carbons (Fsp3) is 0.929. The number of hydrogen-bond donors (Lipinski definition) is 0. The van der Waals surface area contributed by atoms with Gasteiger partial charge < -0.3 is 14.7 Å². The molecule has 0 unspecified atom stereocenters. The second-order valence-electron chi connectivity index (χ2n) is 6.48. The van der Waals surface area contributed by atoms with Crippen molar-refractivity contribution in [3.05, 3.63) is 0 Å². The summed E-state index contributed by atoms with van der Waals surface area (Å²) in [5, 5.41) is 0. The zero-order valence-corrected chi connectivity index (χ0v) is 12.7. The highest BCUT2D eigenvalue weighted by molar-refractivity contribution is 5.81. The topological polar surface area (TPSA) is 26.8 Å². The summed E-state index contributed by atoms with van der Waals surface area (Å²) in [4.78, 5) is 18.7. The van der Waals surface area contributed by atoms with E-state index in [0.717, 1.165) is 45.7 Å². The van der Waals surface area contributed by atoms with E-state index in [1.54, 1.807) is 0 Å². The molecule has 0 saturated carbocycles. The molecule has 106 valence electrons. The zero-order chi connectivity index (χ0) is 13.8. The molecule has 1 amide bonds. The van der Waals surface area contributed by atoms with Crippen LogP contribution in [0.2, 0.25) is 0 Å². The van der Waals surface area contributed by atoms with Crippen LogP contribution >= 0.6 is 0 Å². The van der Waals surface area contributed by atoms with Gasteiger partial charge in [-0.3, -0.25) is 4.79 Å². The molecule has 1 aliphatic heterocycles. The van der Waals surface area contributed by atoms with E-state index in [2.05, 4.69) is 16.8 Å². The van der Waals surface area contributed by atoms with Gasteiger partial charge in [0.05, 0.1) is 0 Å². The summed E-state index contributed by atoms with van der Waals surface area (Å²) >= 11 is 0. The molecule has 0 bridgehead atoms. The van der Waals surface area contributed by atoms with Crippen molar-refractivity contribution in [1.29, 1.82) is 0 Å². The van der Waals surface area contributed by atoms with Crippen LogP contribution in [0.1, 0.15) is 27.2 Å². The Bertz CT molecular complexity index is 265. The van der Waals surface area contributed by atoms with Crippen LogP contribution in [-0.4, -0.2) is 74.0 Å². The van der Waals surface area contributed by atoms with Crippen molar-refractivity contribution < 1.29 is 4.79 Å². The second kappa shape index (κ2) is 6.53. The number of amides is 1. The number of rotatable bonds is 4. The van der Waals surface area contributed by atoms with Gasteiger partial charge in [0.2, 0.25) is 5.91 Å². The van der Waals surface area contributed by atoms with Crippen molar-refractivity contribution in [2.75, 3.05) is 53.4 Å². The fourth-order valence-corrected chi connectivity index (χ4v) is 2.28. The smallest absolute Gasteiger partial charge is 0.227 e. The molecule has 1 saturated heterocycles. The van der Waals surface area contributed by atoms with Gasteiger partial charge in [-0.15, -0.1) is 0 Å². The van der Waals surface area contributed by atoms with Gasteiger partial charge in [0.25, 0.3) is 0 Å². The van der Waals surface area contributed by atoms with Crippen LogP contribution in [0, 0.1) is 5.41 Å². The molecular formula is C14H29N3O. The van der Waals surface area contributed by atoms with Crippen LogP contribution in [0.15, 0.2) is 0 Å². The van der Waals surface area contributed by atoms with Gasteiger partial charge in [0.1, 0.15) is 0 Å². The molecule has 0 radical (unpaired) electrons. The lowest BCUT2D eigenvalue weighted by Gasteiger charge is -2.33. The van der Waals surface area contributed by atoms with Crippen LogP contribution < -0.4 is 0 Å².